The zero-order valence-corrected chi connectivity index (χ0v) is 14.9. The van der Waals surface area contributed by atoms with Gasteiger partial charge < -0.3 is 19.5 Å². The number of nitro groups is 1. The van der Waals surface area contributed by atoms with Gasteiger partial charge in [0.25, 0.3) is 11.6 Å². The number of hydrogen-bond acceptors (Lipinski definition) is 6. The Hall–Kier alpha value is -3.00. The summed E-state index contributed by atoms with van der Waals surface area (Å²) in [7, 11) is 2.73. The maximum Gasteiger partial charge on any atom is 0.286 e. The van der Waals surface area contributed by atoms with Crippen LogP contribution in [-0.2, 0) is 0 Å². The van der Waals surface area contributed by atoms with Crippen molar-refractivity contribution >= 4 is 23.2 Å². The second kappa shape index (κ2) is 8.91. The van der Waals surface area contributed by atoms with Crippen LogP contribution in [0.5, 0.6) is 17.2 Å². The van der Waals surface area contributed by atoms with Gasteiger partial charge in [-0.3, -0.25) is 14.9 Å². The van der Waals surface area contributed by atoms with Gasteiger partial charge in [-0.25, -0.2) is 0 Å². The Morgan fingerprint density at radius 1 is 1.19 bits per heavy atom. The Morgan fingerprint density at radius 2 is 1.88 bits per heavy atom. The third-order valence-electron chi connectivity index (χ3n) is 3.40. The molecule has 2 aromatic carbocycles. The molecule has 0 saturated heterocycles. The quantitative estimate of drug-likeness (QED) is 0.429. The van der Waals surface area contributed by atoms with E-state index in [4.69, 9.17) is 25.8 Å². The molecule has 0 unspecified atom stereocenters. The molecule has 26 heavy (non-hydrogen) atoms. The second-order valence-corrected chi connectivity index (χ2v) is 5.48. The lowest BCUT2D eigenvalue weighted by molar-refractivity contribution is -0.385. The third kappa shape index (κ3) is 4.76. The predicted octanol–water partition coefficient (Wildman–Crippen LogP) is 3.07. The first-order chi connectivity index (χ1) is 12.5. The molecule has 0 saturated carbocycles. The zero-order chi connectivity index (χ0) is 19.1. The summed E-state index contributed by atoms with van der Waals surface area (Å²) in [5.41, 5.74) is -0.508. The Balaban J connectivity index is 2.05. The van der Waals surface area contributed by atoms with Gasteiger partial charge in [-0.2, -0.15) is 0 Å². The van der Waals surface area contributed by atoms with E-state index in [1.807, 2.05) is 0 Å². The van der Waals surface area contributed by atoms with Crippen LogP contribution in [0.2, 0.25) is 5.02 Å². The summed E-state index contributed by atoms with van der Waals surface area (Å²) < 4.78 is 15.6. The van der Waals surface area contributed by atoms with Gasteiger partial charge in [-0.15, -0.1) is 0 Å². The molecule has 2 rings (SSSR count). The second-order valence-electron chi connectivity index (χ2n) is 5.04. The molecule has 1 N–H and O–H groups in total. The first-order valence-corrected chi connectivity index (χ1v) is 7.91. The first kappa shape index (κ1) is 19.3. The highest BCUT2D eigenvalue weighted by Gasteiger charge is 2.24. The fourth-order valence-electron chi connectivity index (χ4n) is 2.19. The van der Waals surface area contributed by atoms with E-state index in [9.17, 15) is 14.9 Å². The summed E-state index contributed by atoms with van der Waals surface area (Å²) in [6.45, 7) is 0.323. The van der Waals surface area contributed by atoms with E-state index in [2.05, 4.69) is 5.32 Å². The van der Waals surface area contributed by atoms with Crippen molar-refractivity contribution in [2.24, 2.45) is 0 Å². The van der Waals surface area contributed by atoms with Crippen molar-refractivity contribution in [3.63, 3.8) is 0 Å². The molecule has 0 atom stereocenters. The summed E-state index contributed by atoms with van der Waals surface area (Å²) >= 11 is 5.85. The summed E-state index contributed by atoms with van der Waals surface area (Å²) in [5.74, 6) is 0.328. The maximum absolute atomic E-state index is 12.3. The molecule has 0 radical (unpaired) electrons. The minimum absolute atomic E-state index is 0.129. The van der Waals surface area contributed by atoms with Crippen molar-refractivity contribution in [2.75, 3.05) is 27.4 Å². The van der Waals surface area contributed by atoms with Crippen LogP contribution < -0.4 is 19.5 Å². The molecule has 0 spiro atoms. The summed E-state index contributed by atoms with van der Waals surface area (Å²) in [6, 6.07) is 9.24. The number of ether oxygens (including phenoxy) is 3. The van der Waals surface area contributed by atoms with Crippen molar-refractivity contribution in [3.8, 4) is 17.2 Å². The minimum atomic E-state index is -0.653. The highest BCUT2D eigenvalue weighted by molar-refractivity contribution is 6.30. The first-order valence-electron chi connectivity index (χ1n) is 7.53. The number of carbonyl (C=O) groups is 1. The van der Waals surface area contributed by atoms with E-state index < -0.39 is 10.8 Å². The predicted molar refractivity (Wildman–Crippen MR) is 95.5 cm³/mol. The van der Waals surface area contributed by atoms with E-state index in [1.54, 1.807) is 24.3 Å². The molecule has 0 aliphatic rings. The monoisotopic (exact) mass is 380 g/mol. The van der Waals surface area contributed by atoms with E-state index in [-0.39, 0.29) is 35.9 Å². The van der Waals surface area contributed by atoms with Gasteiger partial charge in [-0.05, 0) is 18.2 Å². The van der Waals surface area contributed by atoms with Crippen LogP contribution in [0.15, 0.2) is 36.4 Å². The number of rotatable bonds is 8. The summed E-state index contributed by atoms with van der Waals surface area (Å²) in [6.07, 6.45) is 0. The minimum Gasteiger partial charge on any atom is -0.493 e. The number of halogens is 1. The SMILES string of the molecule is COc1cc(C(=O)NCCOc2cccc(Cl)c2)c([N+](=O)[O-])cc1OC. The molecule has 0 bridgehead atoms. The lowest BCUT2D eigenvalue weighted by atomic mass is 10.1. The van der Waals surface area contributed by atoms with Crippen LogP contribution in [0.25, 0.3) is 0 Å². The Kier molecular flexibility index (Phi) is 6.62. The van der Waals surface area contributed by atoms with Gasteiger partial charge in [0.15, 0.2) is 11.5 Å². The molecular weight excluding hydrogens is 364 g/mol. The molecule has 0 aliphatic heterocycles. The van der Waals surface area contributed by atoms with Crippen molar-refractivity contribution in [1.29, 1.82) is 0 Å². The molecule has 8 nitrogen and oxygen atoms in total. The Labute approximate surface area is 154 Å². The lowest BCUT2D eigenvalue weighted by Crippen LogP contribution is -2.28. The molecule has 0 heterocycles. The van der Waals surface area contributed by atoms with Gasteiger partial charge >= 0.3 is 0 Å². The van der Waals surface area contributed by atoms with Gasteiger partial charge in [-0.1, -0.05) is 17.7 Å². The Morgan fingerprint density at radius 3 is 2.50 bits per heavy atom. The van der Waals surface area contributed by atoms with Gasteiger partial charge in [0.1, 0.15) is 17.9 Å². The van der Waals surface area contributed by atoms with Gasteiger partial charge in [0.2, 0.25) is 0 Å². The Bertz CT molecular complexity index is 812. The number of nitrogens with zero attached hydrogens (tertiary/aromatic N) is 1. The maximum atomic E-state index is 12.3. The van der Waals surface area contributed by atoms with Crippen molar-refractivity contribution < 1.29 is 23.9 Å². The number of carbonyl (C=O) groups excluding carboxylic acids is 1. The number of methoxy groups -OCH3 is 2. The van der Waals surface area contributed by atoms with Gasteiger partial charge in [0, 0.05) is 11.1 Å². The molecule has 0 aliphatic carbocycles. The van der Waals surface area contributed by atoms with Crippen LogP contribution in [0, 0.1) is 10.1 Å². The topological polar surface area (TPSA) is 99.9 Å². The fourth-order valence-corrected chi connectivity index (χ4v) is 2.37. The molecule has 1 amide bonds. The van der Waals surface area contributed by atoms with Crippen LogP contribution in [-0.4, -0.2) is 38.2 Å². The highest BCUT2D eigenvalue weighted by Crippen LogP contribution is 2.34. The van der Waals surface area contributed by atoms with Crippen LogP contribution in [0.3, 0.4) is 0 Å². The summed E-state index contributed by atoms with van der Waals surface area (Å²) in [5, 5.41) is 14.3. The molecule has 138 valence electrons. The van der Waals surface area contributed by atoms with E-state index >= 15 is 0 Å². The van der Waals surface area contributed by atoms with E-state index in [0.29, 0.717) is 10.8 Å². The van der Waals surface area contributed by atoms with Crippen molar-refractivity contribution in [1.82, 2.24) is 5.32 Å². The van der Waals surface area contributed by atoms with E-state index in [0.717, 1.165) is 6.07 Å². The van der Waals surface area contributed by atoms with Crippen molar-refractivity contribution in [3.05, 3.63) is 57.1 Å². The number of nitrogens with one attached hydrogen (secondary N) is 1. The third-order valence-corrected chi connectivity index (χ3v) is 3.63. The van der Waals surface area contributed by atoms with Crippen LogP contribution in [0.1, 0.15) is 10.4 Å². The highest BCUT2D eigenvalue weighted by atomic mass is 35.5. The van der Waals surface area contributed by atoms with Crippen LogP contribution >= 0.6 is 11.6 Å². The molecule has 0 aromatic heterocycles. The largest absolute Gasteiger partial charge is 0.493 e. The van der Waals surface area contributed by atoms with Gasteiger partial charge in [0.05, 0.1) is 31.8 Å². The molecular formula is C17H17ClN2O6. The number of benzene rings is 2. The average Bonchev–Trinajstić information content (AvgIpc) is 2.63. The van der Waals surface area contributed by atoms with Crippen LogP contribution in [0.4, 0.5) is 5.69 Å². The number of amides is 1. The molecule has 0 fully saturated rings. The molecule has 2 aromatic rings. The zero-order valence-electron chi connectivity index (χ0n) is 14.2. The van der Waals surface area contributed by atoms with E-state index in [1.165, 1.54) is 20.3 Å². The number of nitro benzene ring substituents is 1. The molecule has 9 heteroatoms. The standard InChI is InChI=1S/C17H17ClN2O6/c1-24-15-9-13(14(20(22)23)10-16(15)25-2)17(21)19-6-7-26-12-5-3-4-11(18)8-12/h3-5,8-10H,6-7H2,1-2H3,(H,19,21). The smallest absolute Gasteiger partial charge is 0.286 e. The normalized spacial score (nSPS) is 10.1. The lowest BCUT2D eigenvalue weighted by Gasteiger charge is -2.11. The van der Waals surface area contributed by atoms with Crippen molar-refractivity contribution in [2.45, 2.75) is 0 Å². The fraction of sp³-hybridized carbons (Fsp3) is 0.235. The number of hydrogen-bond donors (Lipinski definition) is 1. The average molecular weight is 381 g/mol. The summed E-state index contributed by atoms with van der Waals surface area (Å²) in [4.78, 5) is 22.9.